The molecule has 0 aromatic carbocycles. The van der Waals surface area contributed by atoms with Crippen molar-refractivity contribution in [3.05, 3.63) is 0 Å². The van der Waals surface area contributed by atoms with Crippen LogP contribution in [0.15, 0.2) is 0 Å². The summed E-state index contributed by atoms with van der Waals surface area (Å²) in [6.07, 6.45) is -4.60. The second-order valence-corrected chi connectivity index (χ2v) is 10.8. The Balaban J connectivity index is 1.69. The summed E-state index contributed by atoms with van der Waals surface area (Å²) >= 11 is 0. The predicted octanol–water partition coefficient (Wildman–Crippen LogP) is 3.45. The Labute approximate surface area is 180 Å². The molecular formula is C24H40O5. The third-order valence-electron chi connectivity index (χ3n) is 9.61. The minimum Gasteiger partial charge on any atom is -0.481 e. The van der Waals surface area contributed by atoms with Crippen LogP contribution in [-0.4, -0.2) is 44.7 Å². The average molecular weight is 413 g/mol. The Morgan fingerprint density at radius 1 is 1.17 bits per heavy atom. The van der Waals surface area contributed by atoms with Gasteiger partial charge < -0.3 is 20.4 Å². The second-order valence-electron chi connectivity index (χ2n) is 10.8. The maximum absolute atomic E-state index is 11.5. The highest BCUT2D eigenvalue weighted by Crippen LogP contribution is 2.68. The van der Waals surface area contributed by atoms with Crippen molar-refractivity contribution < 1.29 is 30.7 Å². The van der Waals surface area contributed by atoms with E-state index in [9.17, 15) is 20.1 Å². The summed E-state index contributed by atoms with van der Waals surface area (Å²) in [5, 5.41) is 42.5. The van der Waals surface area contributed by atoms with Gasteiger partial charge in [-0.3, -0.25) is 4.79 Å². The number of carbonyl (C=O) groups is 1. The predicted molar refractivity (Wildman–Crippen MR) is 110 cm³/mol. The Morgan fingerprint density at radius 2 is 1.90 bits per heavy atom. The van der Waals surface area contributed by atoms with Crippen molar-refractivity contribution >= 4 is 5.97 Å². The zero-order valence-electron chi connectivity index (χ0n) is 21.8. The van der Waals surface area contributed by atoms with Gasteiger partial charge in [0.1, 0.15) is 0 Å². The first kappa shape index (κ1) is 17.0. The Morgan fingerprint density at radius 3 is 2.59 bits per heavy atom. The molecule has 0 saturated heterocycles. The smallest absolute Gasteiger partial charge is 0.303 e. The van der Waals surface area contributed by atoms with E-state index in [2.05, 4.69) is 13.8 Å². The van der Waals surface area contributed by atoms with Gasteiger partial charge in [0.25, 0.3) is 0 Å². The molecule has 0 bridgehead atoms. The first-order chi connectivity index (χ1) is 15.1. The zero-order chi connectivity index (χ0) is 24.7. The normalized spacial score (nSPS) is 58.4. The number of rotatable bonds is 4. The number of hydrogen-bond acceptors (Lipinski definition) is 4. The van der Waals surface area contributed by atoms with Crippen molar-refractivity contribution in [2.24, 2.45) is 46.3 Å². The fourth-order valence-electron chi connectivity index (χ4n) is 7.99. The first-order valence-corrected chi connectivity index (χ1v) is 11.3. The molecule has 0 amide bonds. The molecule has 0 aromatic rings. The number of aliphatic carboxylic acids is 1. The molecule has 4 aliphatic carbocycles. The second kappa shape index (κ2) is 7.49. The minimum absolute atomic E-state index is 0.00777. The van der Waals surface area contributed by atoms with E-state index >= 15 is 0 Å². The van der Waals surface area contributed by atoms with Crippen LogP contribution in [-0.2, 0) is 4.79 Å². The van der Waals surface area contributed by atoms with Gasteiger partial charge in [0.15, 0.2) is 0 Å². The van der Waals surface area contributed by atoms with Crippen LogP contribution in [0.1, 0.15) is 83.9 Å². The standard InChI is InChI=1S/C24H40O5/c1-13(4-7-21(28)29)16-5-6-17-22-18(12-20(27)24(16,17)3)23(2)9-8-15(25)10-14(23)11-19(22)26/h13-20,22,25-27H,4-12H2,1-3H3,(H,28,29)/t13-,14+,15+,16?,17-,18-,19-,20-,22-,23-,24+/m1/s1/i8D2,10D2. The van der Waals surface area contributed by atoms with Gasteiger partial charge >= 0.3 is 5.97 Å². The number of carboxylic acid groups (broad SMARTS) is 1. The maximum atomic E-state index is 11.5. The summed E-state index contributed by atoms with van der Waals surface area (Å²) in [5.41, 5.74) is -1.25. The molecule has 0 aromatic heterocycles. The highest BCUT2D eigenvalue weighted by molar-refractivity contribution is 5.66. The lowest BCUT2D eigenvalue weighted by Gasteiger charge is -2.63. The molecule has 0 heterocycles. The van der Waals surface area contributed by atoms with Crippen LogP contribution in [0.4, 0.5) is 0 Å². The molecule has 4 aliphatic rings. The van der Waals surface area contributed by atoms with Gasteiger partial charge in [0.2, 0.25) is 0 Å². The molecule has 0 aliphatic heterocycles. The monoisotopic (exact) mass is 412 g/mol. The largest absolute Gasteiger partial charge is 0.481 e. The van der Waals surface area contributed by atoms with Gasteiger partial charge in [-0.05, 0) is 97.6 Å². The topological polar surface area (TPSA) is 98.0 Å². The van der Waals surface area contributed by atoms with E-state index in [1.54, 1.807) is 0 Å². The highest BCUT2D eigenvalue weighted by Gasteiger charge is 2.65. The fraction of sp³-hybridized carbons (Fsp3) is 0.958. The molecule has 4 fully saturated rings. The van der Waals surface area contributed by atoms with Crippen LogP contribution in [0.3, 0.4) is 0 Å². The number of aliphatic hydroxyl groups excluding tert-OH is 3. The fourth-order valence-corrected chi connectivity index (χ4v) is 7.99. The Bertz CT molecular complexity index is 793. The minimum atomic E-state index is -2.17. The molecule has 4 rings (SSSR count). The van der Waals surface area contributed by atoms with E-state index in [1.807, 2.05) is 6.92 Å². The molecule has 11 atom stereocenters. The average Bonchev–Trinajstić information content (AvgIpc) is 3.06. The van der Waals surface area contributed by atoms with Gasteiger partial charge in [-0.15, -0.1) is 0 Å². The Hall–Kier alpha value is -0.650. The van der Waals surface area contributed by atoms with E-state index in [0.717, 1.165) is 12.8 Å². The van der Waals surface area contributed by atoms with E-state index in [-0.39, 0.29) is 48.9 Å². The van der Waals surface area contributed by atoms with Crippen LogP contribution in [0, 0.1) is 46.3 Å². The van der Waals surface area contributed by atoms with Crippen molar-refractivity contribution in [3.63, 3.8) is 0 Å². The quantitative estimate of drug-likeness (QED) is 0.567. The Kier molecular flexibility index (Phi) is 4.38. The van der Waals surface area contributed by atoms with E-state index in [4.69, 9.17) is 10.6 Å². The lowest BCUT2D eigenvalue weighted by atomic mass is 9.43. The van der Waals surface area contributed by atoms with Gasteiger partial charge in [0, 0.05) is 11.9 Å². The molecule has 0 radical (unpaired) electrons. The summed E-state index contributed by atoms with van der Waals surface area (Å²) in [6.45, 7) is 6.04. The molecular weight excluding hydrogens is 368 g/mol. The van der Waals surface area contributed by atoms with Gasteiger partial charge in [-0.2, -0.15) is 0 Å². The van der Waals surface area contributed by atoms with E-state index < -0.39 is 53.8 Å². The summed E-state index contributed by atoms with van der Waals surface area (Å²) in [4.78, 5) is 11.1. The number of fused-ring (bicyclic) bond motifs is 5. The molecule has 5 heteroatoms. The molecule has 29 heavy (non-hydrogen) atoms. The van der Waals surface area contributed by atoms with E-state index in [1.165, 1.54) is 0 Å². The van der Waals surface area contributed by atoms with Crippen LogP contribution < -0.4 is 0 Å². The van der Waals surface area contributed by atoms with Gasteiger partial charge in [0.05, 0.1) is 18.3 Å². The lowest BCUT2D eigenvalue weighted by Crippen LogP contribution is -2.62. The molecule has 0 spiro atoms. The maximum Gasteiger partial charge on any atom is 0.303 e. The third kappa shape index (κ3) is 3.27. The molecule has 4 saturated carbocycles. The molecule has 5 nitrogen and oxygen atoms in total. The van der Waals surface area contributed by atoms with Crippen LogP contribution >= 0.6 is 0 Å². The zero-order valence-corrected chi connectivity index (χ0v) is 17.8. The third-order valence-corrected chi connectivity index (χ3v) is 9.61. The summed E-state index contributed by atoms with van der Waals surface area (Å²) in [7, 11) is 0. The summed E-state index contributed by atoms with van der Waals surface area (Å²) in [5.74, 6) is -1.65. The first-order valence-electron chi connectivity index (χ1n) is 13.3. The lowest BCUT2D eigenvalue weighted by molar-refractivity contribution is -0.207. The van der Waals surface area contributed by atoms with Crippen LogP contribution in [0.2, 0.25) is 0 Å². The van der Waals surface area contributed by atoms with Crippen molar-refractivity contribution in [1.82, 2.24) is 0 Å². The number of carboxylic acids is 1. The molecule has 1 unspecified atom stereocenters. The summed E-state index contributed by atoms with van der Waals surface area (Å²) < 4.78 is 34.0. The molecule has 166 valence electrons. The van der Waals surface area contributed by atoms with Crippen molar-refractivity contribution in [2.45, 2.75) is 96.8 Å². The van der Waals surface area contributed by atoms with Crippen molar-refractivity contribution in [2.75, 3.05) is 0 Å². The summed E-state index contributed by atoms with van der Waals surface area (Å²) in [6, 6.07) is 0. The van der Waals surface area contributed by atoms with E-state index in [0.29, 0.717) is 12.8 Å². The van der Waals surface area contributed by atoms with Crippen LogP contribution in [0.5, 0.6) is 0 Å². The van der Waals surface area contributed by atoms with Crippen molar-refractivity contribution in [1.29, 1.82) is 0 Å². The number of hydrogen-bond donors (Lipinski definition) is 4. The SMILES string of the molecule is [2H]C1([2H])C[C@@]2(C)[C@@H]3C[C@@H](O)[C@@]4(C)C([C@H](C)CCC(=O)O)CC[C@@H]4[C@H]3[C@H](O)C[C@@H]2C([2H])([2H])[C@H]1O. The number of aliphatic hydroxyl groups is 3. The van der Waals surface area contributed by atoms with Crippen molar-refractivity contribution in [3.8, 4) is 0 Å². The van der Waals surface area contributed by atoms with Gasteiger partial charge in [-0.25, -0.2) is 0 Å². The molecule has 4 N–H and O–H groups in total. The highest BCUT2D eigenvalue weighted by atomic mass is 16.4. The van der Waals surface area contributed by atoms with Gasteiger partial charge in [-0.1, -0.05) is 20.8 Å². The van der Waals surface area contributed by atoms with Crippen LogP contribution in [0.25, 0.3) is 0 Å².